The van der Waals surface area contributed by atoms with Crippen LogP contribution in [0.25, 0.3) is 11.4 Å². The summed E-state index contributed by atoms with van der Waals surface area (Å²) in [4.78, 5) is 19.5. The minimum absolute atomic E-state index is 0.0762. The molecule has 1 saturated heterocycles. The quantitative estimate of drug-likeness (QED) is 0.607. The molecule has 4 rings (SSSR count). The molecule has 7 nitrogen and oxygen atoms in total. The summed E-state index contributed by atoms with van der Waals surface area (Å²) in [7, 11) is 1.62. The van der Waals surface area contributed by atoms with E-state index < -0.39 is 6.10 Å². The van der Waals surface area contributed by atoms with Gasteiger partial charge in [-0.1, -0.05) is 23.4 Å². The summed E-state index contributed by atoms with van der Waals surface area (Å²) in [6.07, 6.45) is 2.13. The second kappa shape index (κ2) is 8.98. The molecule has 0 N–H and O–H groups in total. The molecule has 1 fully saturated rings. The number of aromatic nitrogens is 2. The van der Waals surface area contributed by atoms with Gasteiger partial charge in [0.05, 0.1) is 7.11 Å². The number of hydrogen-bond donors (Lipinski definition) is 0. The van der Waals surface area contributed by atoms with Crippen LogP contribution in [0.2, 0.25) is 0 Å². The van der Waals surface area contributed by atoms with Crippen LogP contribution >= 0.6 is 0 Å². The highest BCUT2D eigenvalue weighted by Gasteiger charge is 2.35. The zero-order valence-electron chi connectivity index (χ0n) is 17.2. The molecular weight excluding hydrogens is 382 g/mol. The first-order valence-electron chi connectivity index (χ1n) is 10.2. The smallest absolute Gasteiger partial charge is 0.264 e. The van der Waals surface area contributed by atoms with Crippen molar-refractivity contribution >= 4 is 5.91 Å². The lowest BCUT2D eigenvalue weighted by Gasteiger charge is -2.35. The van der Waals surface area contributed by atoms with E-state index >= 15 is 0 Å². The fraction of sp³-hybridized carbons (Fsp3) is 0.348. The Balaban J connectivity index is 1.50. The molecular formula is C23H25N3O4. The van der Waals surface area contributed by atoms with Gasteiger partial charge in [0, 0.05) is 12.1 Å². The monoisotopic (exact) mass is 407 g/mol. The average molecular weight is 407 g/mol. The van der Waals surface area contributed by atoms with Gasteiger partial charge < -0.3 is 18.9 Å². The summed E-state index contributed by atoms with van der Waals surface area (Å²) in [5.74, 6) is 2.32. The number of nitrogens with zero attached hydrogens (tertiary/aromatic N) is 3. The van der Waals surface area contributed by atoms with E-state index in [2.05, 4.69) is 10.1 Å². The Morgan fingerprint density at radius 1 is 1.10 bits per heavy atom. The van der Waals surface area contributed by atoms with Crippen molar-refractivity contribution in [3.8, 4) is 22.9 Å². The minimum Gasteiger partial charge on any atom is -0.497 e. The van der Waals surface area contributed by atoms with Crippen molar-refractivity contribution in [3.05, 3.63) is 60.5 Å². The molecule has 0 saturated carbocycles. The zero-order valence-corrected chi connectivity index (χ0v) is 17.2. The molecule has 0 bridgehead atoms. The molecule has 1 aliphatic heterocycles. The number of methoxy groups -OCH3 is 1. The van der Waals surface area contributed by atoms with Crippen molar-refractivity contribution in [1.29, 1.82) is 0 Å². The van der Waals surface area contributed by atoms with Crippen LogP contribution in [-0.2, 0) is 4.79 Å². The zero-order chi connectivity index (χ0) is 20.9. The van der Waals surface area contributed by atoms with Crippen molar-refractivity contribution in [2.45, 2.75) is 38.3 Å². The number of rotatable bonds is 6. The van der Waals surface area contributed by atoms with Gasteiger partial charge in [0.1, 0.15) is 17.5 Å². The van der Waals surface area contributed by atoms with Crippen LogP contribution in [0.3, 0.4) is 0 Å². The van der Waals surface area contributed by atoms with Gasteiger partial charge in [-0.3, -0.25) is 4.79 Å². The lowest BCUT2D eigenvalue weighted by atomic mass is 10.0. The van der Waals surface area contributed by atoms with Crippen LogP contribution in [0.4, 0.5) is 0 Å². The number of ether oxygens (including phenoxy) is 2. The number of carbonyl (C=O) groups excluding carboxylic acids is 1. The topological polar surface area (TPSA) is 77.7 Å². The van der Waals surface area contributed by atoms with Crippen LogP contribution in [0.1, 0.15) is 38.1 Å². The summed E-state index contributed by atoms with van der Waals surface area (Å²) in [6, 6.07) is 16.6. The number of piperidine rings is 1. The standard InChI is InChI=1S/C23H25N3O4/c1-16(29-19-8-4-3-5-9-19)23(27)26-15-7-6-10-20(26)22-24-21(25-30-22)17-11-13-18(28-2)14-12-17/h3-5,8-9,11-14,16,20H,6-7,10,15H2,1-2H3. The van der Waals surface area contributed by atoms with Crippen LogP contribution in [0, 0.1) is 0 Å². The maximum absolute atomic E-state index is 13.1. The number of para-hydroxylation sites is 1. The Labute approximate surface area is 175 Å². The van der Waals surface area contributed by atoms with Gasteiger partial charge in [-0.2, -0.15) is 4.98 Å². The van der Waals surface area contributed by atoms with Crippen LogP contribution in [0.5, 0.6) is 11.5 Å². The molecule has 7 heteroatoms. The Morgan fingerprint density at radius 2 is 1.87 bits per heavy atom. The molecule has 30 heavy (non-hydrogen) atoms. The van der Waals surface area contributed by atoms with Crippen molar-refractivity contribution < 1.29 is 18.8 Å². The number of carbonyl (C=O) groups is 1. The number of benzene rings is 2. The summed E-state index contributed by atoms with van der Waals surface area (Å²) >= 11 is 0. The first-order chi connectivity index (χ1) is 14.7. The average Bonchev–Trinajstić information content (AvgIpc) is 3.29. The predicted molar refractivity (Wildman–Crippen MR) is 111 cm³/mol. The van der Waals surface area contributed by atoms with Crippen molar-refractivity contribution in [2.24, 2.45) is 0 Å². The van der Waals surface area contributed by atoms with E-state index in [9.17, 15) is 4.79 Å². The highest BCUT2D eigenvalue weighted by Crippen LogP contribution is 2.32. The van der Waals surface area contributed by atoms with Gasteiger partial charge in [0.25, 0.3) is 5.91 Å². The highest BCUT2D eigenvalue weighted by molar-refractivity contribution is 5.81. The molecule has 1 aromatic heterocycles. The van der Waals surface area contributed by atoms with Crippen molar-refractivity contribution in [3.63, 3.8) is 0 Å². The van der Waals surface area contributed by atoms with Crippen LogP contribution in [0.15, 0.2) is 59.1 Å². The summed E-state index contributed by atoms with van der Waals surface area (Å²) in [6.45, 7) is 2.42. The molecule has 2 heterocycles. The maximum atomic E-state index is 13.1. The maximum Gasteiger partial charge on any atom is 0.264 e. The van der Waals surface area contributed by atoms with Gasteiger partial charge in [-0.15, -0.1) is 0 Å². The first-order valence-corrected chi connectivity index (χ1v) is 10.2. The lowest BCUT2D eigenvalue weighted by molar-refractivity contribution is -0.142. The largest absolute Gasteiger partial charge is 0.497 e. The molecule has 1 amide bonds. The number of likely N-dealkylation sites (tertiary alicyclic amines) is 1. The van der Waals surface area contributed by atoms with Crippen LogP contribution < -0.4 is 9.47 Å². The summed E-state index contributed by atoms with van der Waals surface area (Å²) < 4.78 is 16.6. The van der Waals surface area contributed by atoms with E-state index in [-0.39, 0.29) is 11.9 Å². The molecule has 0 radical (unpaired) electrons. The first kappa shape index (κ1) is 19.9. The van der Waals surface area contributed by atoms with Crippen molar-refractivity contribution in [2.75, 3.05) is 13.7 Å². The van der Waals surface area contributed by atoms with Gasteiger partial charge in [0.15, 0.2) is 6.10 Å². The van der Waals surface area contributed by atoms with Gasteiger partial charge in [-0.25, -0.2) is 0 Å². The fourth-order valence-corrected chi connectivity index (χ4v) is 3.67. The number of hydrogen-bond acceptors (Lipinski definition) is 6. The molecule has 1 aliphatic rings. The Bertz CT molecular complexity index is 972. The van der Waals surface area contributed by atoms with E-state index in [0.717, 1.165) is 30.6 Å². The second-order valence-corrected chi connectivity index (χ2v) is 7.30. The van der Waals surface area contributed by atoms with E-state index in [4.69, 9.17) is 14.0 Å². The molecule has 156 valence electrons. The molecule has 0 aliphatic carbocycles. The fourth-order valence-electron chi connectivity index (χ4n) is 3.67. The van der Waals surface area contributed by atoms with E-state index in [1.807, 2.05) is 59.5 Å². The van der Waals surface area contributed by atoms with Gasteiger partial charge in [0.2, 0.25) is 11.7 Å². The second-order valence-electron chi connectivity index (χ2n) is 7.30. The van der Waals surface area contributed by atoms with Crippen molar-refractivity contribution in [1.82, 2.24) is 15.0 Å². The van der Waals surface area contributed by atoms with Gasteiger partial charge >= 0.3 is 0 Å². The Kier molecular flexibility index (Phi) is 5.97. The third-order valence-electron chi connectivity index (χ3n) is 5.26. The highest BCUT2D eigenvalue weighted by atomic mass is 16.5. The Hall–Kier alpha value is -3.35. The molecule has 3 aromatic rings. The lowest BCUT2D eigenvalue weighted by Crippen LogP contribution is -2.45. The van der Waals surface area contributed by atoms with E-state index in [1.165, 1.54) is 0 Å². The predicted octanol–water partition coefficient (Wildman–Crippen LogP) is 4.27. The van der Waals surface area contributed by atoms with E-state index in [1.54, 1.807) is 14.0 Å². The molecule has 2 aromatic carbocycles. The molecule has 2 atom stereocenters. The summed E-state index contributed by atoms with van der Waals surface area (Å²) in [5.41, 5.74) is 0.834. The summed E-state index contributed by atoms with van der Waals surface area (Å²) in [5, 5.41) is 4.13. The van der Waals surface area contributed by atoms with Gasteiger partial charge in [-0.05, 0) is 62.6 Å². The molecule has 2 unspecified atom stereocenters. The van der Waals surface area contributed by atoms with E-state index in [0.29, 0.717) is 24.0 Å². The minimum atomic E-state index is -0.600. The third-order valence-corrected chi connectivity index (χ3v) is 5.26. The SMILES string of the molecule is COc1ccc(-c2noc(C3CCCCN3C(=O)C(C)Oc3ccccc3)n2)cc1. The molecule has 0 spiro atoms. The van der Waals surface area contributed by atoms with Crippen LogP contribution in [-0.4, -0.2) is 40.7 Å². The Morgan fingerprint density at radius 3 is 2.60 bits per heavy atom. The normalized spacial score (nSPS) is 17.4. The number of amides is 1. The third kappa shape index (κ3) is 4.30.